The molecule has 1 atom stereocenters. The zero-order chi connectivity index (χ0) is 16.6. The number of nitrogens with one attached hydrogen (secondary N) is 1. The molecule has 118 valence electrons. The maximum absolute atomic E-state index is 14.1. The third-order valence-electron chi connectivity index (χ3n) is 3.85. The van der Waals surface area contributed by atoms with Crippen molar-refractivity contribution in [1.29, 1.82) is 0 Å². The number of aromatic amines is 1. The average Bonchev–Trinajstić information content (AvgIpc) is 2.51. The predicted molar refractivity (Wildman–Crippen MR) is 84.4 cm³/mol. The quantitative estimate of drug-likeness (QED) is 0.780. The Kier molecular flexibility index (Phi) is 3.92. The Labute approximate surface area is 131 Å². The average molecular weight is 315 g/mol. The van der Waals surface area contributed by atoms with Crippen LogP contribution in [0.25, 0.3) is 10.9 Å². The van der Waals surface area contributed by atoms with E-state index in [0.717, 1.165) is 0 Å². The zero-order valence-electron chi connectivity index (χ0n) is 12.4. The van der Waals surface area contributed by atoms with Gasteiger partial charge in [0.25, 0.3) is 5.56 Å². The molecule has 0 aliphatic heterocycles. The highest BCUT2D eigenvalue weighted by molar-refractivity contribution is 5.81. The summed E-state index contributed by atoms with van der Waals surface area (Å²) in [4.78, 5) is 19.2. The number of halogens is 2. The second-order valence-electron chi connectivity index (χ2n) is 5.38. The minimum Gasteiger partial charge on any atom is -0.329 e. The van der Waals surface area contributed by atoms with Crippen LogP contribution in [0.5, 0.6) is 0 Å². The van der Waals surface area contributed by atoms with E-state index in [1.807, 2.05) is 0 Å². The highest BCUT2D eigenvalue weighted by Crippen LogP contribution is 2.23. The Balaban J connectivity index is 2.23. The molecule has 3 N–H and O–H groups in total. The molecule has 1 unspecified atom stereocenters. The van der Waals surface area contributed by atoms with Gasteiger partial charge in [-0.1, -0.05) is 18.2 Å². The molecular formula is C17H15F2N3O. The van der Waals surface area contributed by atoms with E-state index in [1.165, 1.54) is 24.3 Å². The standard InChI is InChI=1S/C17H15F2N3O/c1-9-5-6-13(19)15-14(9)17(23)22-16(21-15)12(8-20)10-3-2-4-11(18)7-10/h2-7,12H,8,20H2,1H3,(H,21,22,23). The lowest BCUT2D eigenvalue weighted by atomic mass is 9.98. The number of aromatic nitrogens is 2. The van der Waals surface area contributed by atoms with Gasteiger partial charge in [-0.25, -0.2) is 13.8 Å². The van der Waals surface area contributed by atoms with Crippen LogP contribution < -0.4 is 11.3 Å². The van der Waals surface area contributed by atoms with E-state index in [2.05, 4.69) is 9.97 Å². The number of benzene rings is 2. The molecular weight excluding hydrogens is 300 g/mol. The molecule has 2 aromatic carbocycles. The molecule has 3 rings (SSSR count). The van der Waals surface area contributed by atoms with Gasteiger partial charge in [0.2, 0.25) is 0 Å². The molecule has 0 bridgehead atoms. The van der Waals surface area contributed by atoms with Crippen molar-refractivity contribution in [3.8, 4) is 0 Å². The van der Waals surface area contributed by atoms with Crippen molar-refractivity contribution in [3.05, 3.63) is 75.3 Å². The minimum atomic E-state index is -0.576. The van der Waals surface area contributed by atoms with Crippen LogP contribution in [0.2, 0.25) is 0 Å². The minimum absolute atomic E-state index is 0.00129. The normalized spacial score (nSPS) is 12.5. The number of H-pyrrole nitrogens is 1. The van der Waals surface area contributed by atoms with E-state index >= 15 is 0 Å². The highest BCUT2D eigenvalue weighted by Gasteiger charge is 2.19. The molecule has 0 aliphatic rings. The maximum Gasteiger partial charge on any atom is 0.259 e. The third-order valence-corrected chi connectivity index (χ3v) is 3.85. The Morgan fingerprint density at radius 3 is 2.74 bits per heavy atom. The summed E-state index contributed by atoms with van der Waals surface area (Å²) in [5, 5.41) is 0.212. The van der Waals surface area contributed by atoms with Gasteiger partial charge in [0, 0.05) is 6.54 Å². The van der Waals surface area contributed by atoms with Crippen LogP contribution in [-0.4, -0.2) is 16.5 Å². The van der Waals surface area contributed by atoms with Gasteiger partial charge in [0.05, 0.1) is 11.3 Å². The van der Waals surface area contributed by atoms with E-state index in [1.54, 1.807) is 19.1 Å². The number of nitrogens with zero attached hydrogens (tertiary/aromatic N) is 1. The van der Waals surface area contributed by atoms with Crippen molar-refractivity contribution < 1.29 is 8.78 Å². The molecule has 3 aromatic rings. The molecule has 0 fully saturated rings. The molecule has 4 nitrogen and oxygen atoms in total. The summed E-state index contributed by atoms with van der Waals surface area (Å²) in [5.41, 5.74) is 6.54. The van der Waals surface area contributed by atoms with Gasteiger partial charge in [-0.2, -0.15) is 0 Å². The van der Waals surface area contributed by atoms with Gasteiger partial charge in [0.1, 0.15) is 23.0 Å². The van der Waals surface area contributed by atoms with E-state index in [-0.39, 0.29) is 23.3 Å². The molecule has 0 saturated heterocycles. The molecule has 0 saturated carbocycles. The predicted octanol–water partition coefficient (Wildman–Crippen LogP) is 2.60. The maximum atomic E-state index is 14.1. The van der Waals surface area contributed by atoms with Crippen molar-refractivity contribution in [2.75, 3.05) is 6.54 Å². The first kappa shape index (κ1) is 15.3. The third kappa shape index (κ3) is 2.73. The summed E-state index contributed by atoms with van der Waals surface area (Å²) in [5.74, 6) is -1.29. The summed E-state index contributed by atoms with van der Waals surface area (Å²) >= 11 is 0. The first-order chi connectivity index (χ1) is 11.0. The number of fused-ring (bicyclic) bond motifs is 1. The summed E-state index contributed by atoms with van der Waals surface area (Å²) in [6.07, 6.45) is 0. The molecule has 1 aromatic heterocycles. The lowest BCUT2D eigenvalue weighted by Gasteiger charge is -2.15. The first-order valence-corrected chi connectivity index (χ1v) is 7.16. The number of rotatable bonds is 3. The van der Waals surface area contributed by atoms with Gasteiger partial charge in [-0.3, -0.25) is 4.79 Å². The topological polar surface area (TPSA) is 71.8 Å². The lowest BCUT2D eigenvalue weighted by molar-refractivity contribution is 0.620. The molecule has 1 heterocycles. The van der Waals surface area contributed by atoms with Gasteiger partial charge >= 0.3 is 0 Å². The Bertz CT molecular complexity index is 937. The largest absolute Gasteiger partial charge is 0.329 e. The van der Waals surface area contributed by atoms with Gasteiger partial charge < -0.3 is 10.7 Å². The van der Waals surface area contributed by atoms with Crippen molar-refractivity contribution in [3.63, 3.8) is 0 Å². The summed E-state index contributed by atoms with van der Waals surface area (Å²) in [6, 6.07) is 8.69. The Morgan fingerprint density at radius 2 is 2.04 bits per heavy atom. The molecule has 6 heteroatoms. The van der Waals surface area contributed by atoms with Crippen LogP contribution in [0.15, 0.2) is 41.2 Å². The van der Waals surface area contributed by atoms with Crippen molar-refractivity contribution in [1.82, 2.24) is 9.97 Å². The molecule has 0 aliphatic carbocycles. The second-order valence-corrected chi connectivity index (χ2v) is 5.38. The number of nitrogens with two attached hydrogens (primary N) is 1. The van der Waals surface area contributed by atoms with Crippen molar-refractivity contribution >= 4 is 10.9 Å². The lowest BCUT2D eigenvalue weighted by Crippen LogP contribution is -2.22. The first-order valence-electron chi connectivity index (χ1n) is 7.16. The van der Waals surface area contributed by atoms with Crippen LogP contribution in [0.1, 0.15) is 22.9 Å². The molecule has 23 heavy (non-hydrogen) atoms. The monoisotopic (exact) mass is 315 g/mol. The number of hydrogen-bond acceptors (Lipinski definition) is 3. The molecule has 0 amide bonds. The zero-order valence-corrected chi connectivity index (χ0v) is 12.4. The van der Waals surface area contributed by atoms with Crippen LogP contribution in [0, 0.1) is 18.6 Å². The second kappa shape index (κ2) is 5.89. The molecule has 0 spiro atoms. The van der Waals surface area contributed by atoms with E-state index in [9.17, 15) is 13.6 Å². The van der Waals surface area contributed by atoms with Gasteiger partial charge in [-0.05, 0) is 36.2 Å². The smallest absolute Gasteiger partial charge is 0.259 e. The van der Waals surface area contributed by atoms with Crippen molar-refractivity contribution in [2.45, 2.75) is 12.8 Å². The number of hydrogen-bond donors (Lipinski definition) is 2. The molecule has 0 radical (unpaired) electrons. The summed E-state index contributed by atoms with van der Waals surface area (Å²) in [6.45, 7) is 1.82. The van der Waals surface area contributed by atoms with Crippen molar-refractivity contribution in [2.24, 2.45) is 5.73 Å². The summed E-state index contributed by atoms with van der Waals surface area (Å²) in [7, 11) is 0. The van der Waals surface area contributed by atoms with E-state index in [0.29, 0.717) is 11.1 Å². The van der Waals surface area contributed by atoms with Gasteiger partial charge in [-0.15, -0.1) is 0 Å². The fourth-order valence-electron chi connectivity index (χ4n) is 2.68. The fourth-order valence-corrected chi connectivity index (χ4v) is 2.68. The highest BCUT2D eigenvalue weighted by atomic mass is 19.1. The number of aryl methyl sites for hydroxylation is 1. The van der Waals surface area contributed by atoms with Crippen LogP contribution in [0.3, 0.4) is 0 Å². The summed E-state index contributed by atoms with van der Waals surface area (Å²) < 4.78 is 27.5. The van der Waals surface area contributed by atoms with E-state index < -0.39 is 23.1 Å². The van der Waals surface area contributed by atoms with Crippen LogP contribution in [0.4, 0.5) is 8.78 Å². The van der Waals surface area contributed by atoms with Gasteiger partial charge in [0.15, 0.2) is 0 Å². The Hall–Kier alpha value is -2.60. The van der Waals surface area contributed by atoms with E-state index in [4.69, 9.17) is 5.73 Å². The SMILES string of the molecule is Cc1ccc(F)c2nc(C(CN)c3cccc(F)c3)[nH]c(=O)c12. The van der Waals surface area contributed by atoms with Crippen LogP contribution in [-0.2, 0) is 0 Å². The Morgan fingerprint density at radius 1 is 1.26 bits per heavy atom. The fraction of sp³-hybridized carbons (Fsp3) is 0.176. The van der Waals surface area contributed by atoms with Crippen LogP contribution >= 0.6 is 0 Å².